The standard InChI is InChI=1S/C11H13NO2/c1-8-4-5-11(9(2)6-8)12-10(3)14-7-13/h4-7H,1-3H3. The minimum atomic E-state index is 0.354. The van der Waals surface area contributed by atoms with Crippen LogP contribution in [0.15, 0.2) is 23.2 Å². The fourth-order valence-corrected chi connectivity index (χ4v) is 1.20. The van der Waals surface area contributed by atoms with E-state index in [0.717, 1.165) is 11.3 Å². The van der Waals surface area contributed by atoms with Crippen LogP contribution < -0.4 is 0 Å². The fraction of sp³-hybridized carbons (Fsp3) is 0.273. The van der Waals surface area contributed by atoms with Gasteiger partial charge in [-0.2, -0.15) is 0 Å². The number of hydrogen-bond donors (Lipinski definition) is 0. The minimum Gasteiger partial charge on any atom is -0.414 e. The van der Waals surface area contributed by atoms with Crippen molar-refractivity contribution in [3.05, 3.63) is 29.3 Å². The maximum atomic E-state index is 10.0. The molecule has 1 rings (SSSR count). The zero-order valence-electron chi connectivity index (χ0n) is 8.57. The minimum absolute atomic E-state index is 0.354. The first-order valence-electron chi connectivity index (χ1n) is 4.36. The Morgan fingerprint density at radius 3 is 2.71 bits per heavy atom. The largest absolute Gasteiger partial charge is 0.414 e. The van der Waals surface area contributed by atoms with Crippen molar-refractivity contribution in [3.63, 3.8) is 0 Å². The summed E-state index contributed by atoms with van der Waals surface area (Å²) in [6.07, 6.45) is 0. The predicted octanol–water partition coefficient (Wildman–Crippen LogP) is 2.53. The molecule has 0 N–H and O–H groups in total. The third-order valence-electron chi connectivity index (χ3n) is 1.85. The first-order chi connectivity index (χ1) is 6.63. The van der Waals surface area contributed by atoms with Gasteiger partial charge in [0.05, 0.1) is 5.69 Å². The van der Waals surface area contributed by atoms with E-state index in [0.29, 0.717) is 12.4 Å². The van der Waals surface area contributed by atoms with Crippen molar-refractivity contribution in [2.75, 3.05) is 0 Å². The lowest BCUT2D eigenvalue weighted by Gasteiger charge is -2.02. The molecule has 1 aromatic rings. The van der Waals surface area contributed by atoms with E-state index >= 15 is 0 Å². The van der Waals surface area contributed by atoms with Crippen molar-refractivity contribution in [3.8, 4) is 0 Å². The van der Waals surface area contributed by atoms with Crippen LogP contribution in [0.2, 0.25) is 0 Å². The molecule has 0 aliphatic heterocycles. The third kappa shape index (κ3) is 2.69. The van der Waals surface area contributed by atoms with Gasteiger partial charge in [-0.1, -0.05) is 17.7 Å². The number of nitrogens with zero attached hydrogens (tertiary/aromatic N) is 1. The van der Waals surface area contributed by atoms with Crippen LogP contribution in [-0.4, -0.2) is 12.4 Å². The van der Waals surface area contributed by atoms with Crippen LogP contribution in [0.3, 0.4) is 0 Å². The second-order valence-electron chi connectivity index (χ2n) is 3.13. The zero-order valence-corrected chi connectivity index (χ0v) is 8.57. The zero-order chi connectivity index (χ0) is 10.6. The Bertz CT molecular complexity index is 370. The van der Waals surface area contributed by atoms with Crippen molar-refractivity contribution in [2.24, 2.45) is 4.99 Å². The number of rotatable bonds is 2. The number of aryl methyl sites for hydroxylation is 2. The van der Waals surface area contributed by atoms with Crippen molar-refractivity contribution in [2.45, 2.75) is 20.8 Å². The van der Waals surface area contributed by atoms with Crippen LogP contribution in [0.1, 0.15) is 18.1 Å². The molecule has 3 heteroatoms. The Morgan fingerprint density at radius 1 is 1.43 bits per heavy atom. The summed E-state index contributed by atoms with van der Waals surface area (Å²) >= 11 is 0. The Morgan fingerprint density at radius 2 is 2.14 bits per heavy atom. The highest BCUT2D eigenvalue weighted by Crippen LogP contribution is 2.19. The lowest BCUT2D eigenvalue weighted by atomic mass is 10.1. The van der Waals surface area contributed by atoms with Crippen molar-refractivity contribution in [1.29, 1.82) is 0 Å². The van der Waals surface area contributed by atoms with Gasteiger partial charge in [-0.25, -0.2) is 4.99 Å². The fourth-order valence-electron chi connectivity index (χ4n) is 1.20. The van der Waals surface area contributed by atoms with Gasteiger partial charge in [0.25, 0.3) is 6.47 Å². The SMILES string of the molecule is CC(=Nc1ccc(C)cc1C)OC=O. The quantitative estimate of drug-likeness (QED) is 0.409. The molecule has 0 unspecified atom stereocenters. The second kappa shape index (κ2) is 4.56. The number of carbonyl (C=O) groups excluding carboxylic acids is 1. The summed E-state index contributed by atoms with van der Waals surface area (Å²) in [4.78, 5) is 14.2. The number of aliphatic imine (C=N–C) groups is 1. The number of hydrogen-bond acceptors (Lipinski definition) is 3. The molecule has 1 aromatic carbocycles. The molecule has 0 aliphatic rings. The van der Waals surface area contributed by atoms with Crippen molar-refractivity contribution < 1.29 is 9.53 Å². The molecule has 74 valence electrons. The van der Waals surface area contributed by atoms with Crippen LogP contribution in [0.25, 0.3) is 0 Å². The normalized spacial score (nSPS) is 11.2. The van der Waals surface area contributed by atoms with Crippen LogP contribution in [0.4, 0.5) is 5.69 Å². The lowest BCUT2D eigenvalue weighted by Crippen LogP contribution is -1.96. The van der Waals surface area contributed by atoms with E-state index in [1.807, 2.05) is 32.0 Å². The molecule has 14 heavy (non-hydrogen) atoms. The van der Waals surface area contributed by atoms with E-state index in [1.165, 1.54) is 5.56 Å². The number of ether oxygens (including phenoxy) is 1. The maximum absolute atomic E-state index is 10.0. The molecule has 0 aliphatic carbocycles. The summed E-state index contributed by atoms with van der Waals surface area (Å²) in [5, 5.41) is 0. The molecule has 3 nitrogen and oxygen atoms in total. The van der Waals surface area contributed by atoms with Gasteiger partial charge in [-0.3, -0.25) is 4.79 Å². The molecule has 0 saturated carbocycles. The molecule has 0 amide bonds. The van der Waals surface area contributed by atoms with Crippen LogP contribution >= 0.6 is 0 Å². The summed E-state index contributed by atoms with van der Waals surface area (Å²) in [7, 11) is 0. The number of benzene rings is 1. The second-order valence-corrected chi connectivity index (χ2v) is 3.13. The molecule has 0 radical (unpaired) electrons. The highest BCUT2D eigenvalue weighted by molar-refractivity contribution is 5.82. The van der Waals surface area contributed by atoms with Crippen molar-refractivity contribution >= 4 is 18.1 Å². The van der Waals surface area contributed by atoms with Gasteiger partial charge in [0.1, 0.15) is 0 Å². The first-order valence-corrected chi connectivity index (χ1v) is 4.36. The van der Waals surface area contributed by atoms with E-state index in [1.54, 1.807) is 6.92 Å². The maximum Gasteiger partial charge on any atom is 0.299 e. The van der Waals surface area contributed by atoms with Crippen LogP contribution in [0, 0.1) is 13.8 Å². The van der Waals surface area contributed by atoms with Crippen LogP contribution in [-0.2, 0) is 9.53 Å². The van der Waals surface area contributed by atoms with Gasteiger partial charge in [-0.15, -0.1) is 0 Å². The summed E-state index contributed by atoms with van der Waals surface area (Å²) in [5.74, 6) is 0.354. The molecule has 0 fully saturated rings. The average Bonchev–Trinajstić information content (AvgIpc) is 2.10. The Balaban J connectivity index is 2.96. The Hall–Kier alpha value is -1.64. The molecular weight excluding hydrogens is 178 g/mol. The predicted molar refractivity (Wildman–Crippen MR) is 55.8 cm³/mol. The van der Waals surface area contributed by atoms with Crippen LogP contribution in [0.5, 0.6) is 0 Å². The van der Waals surface area contributed by atoms with Gasteiger partial charge in [0, 0.05) is 6.92 Å². The van der Waals surface area contributed by atoms with Gasteiger partial charge in [0.2, 0.25) is 0 Å². The molecular formula is C11H13NO2. The summed E-state index contributed by atoms with van der Waals surface area (Å²) in [5.41, 5.74) is 3.09. The Kier molecular flexibility index (Phi) is 3.40. The Labute approximate surface area is 83.4 Å². The topological polar surface area (TPSA) is 38.7 Å². The van der Waals surface area contributed by atoms with E-state index in [-0.39, 0.29) is 0 Å². The molecule has 0 bridgehead atoms. The average molecular weight is 191 g/mol. The van der Waals surface area contributed by atoms with Gasteiger partial charge < -0.3 is 4.74 Å². The smallest absolute Gasteiger partial charge is 0.299 e. The van der Waals surface area contributed by atoms with Crippen molar-refractivity contribution in [1.82, 2.24) is 0 Å². The first kappa shape index (κ1) is 10.4. The van der Waals surface area contributed by atoms with E-state index in [9.17, 15) is 4.79 Å². The third-order valence-corrected chi connectivity index (χ3v) is 1.85. The molecule has 0 spiro atoms. The number of carbonyl (C=O) groups is 1. The summed E-state index contributed by atoms with van der Waals surface area (Å²) in [6, 6.07) is 5.91. The highest BCUT2D eigenvalue weighted by Gasteiger charge is 1.97. The molecule has 0 aromatic heterocycles. The van der Waals surface area contributed by atoms with E-state index < -0.39 is 0 Å². The van der Waals surface area contributed by atoms with E-state index in [2.05, 4.69) is 9.73 Å². The molecule has 0 atom stereocenters. The van der Waals surface area contributed by atoms with E-state index in [4.69, 9.17) is 0 Å². The lowest BCUT2D eigenvalue weighted by molar-refractivity contribution is -0.121. The summed E-state index contributed by atoms with van der Waals surface area (Å²) < 4.78 is 4.60. The van der Waals surface area contributed by atoms with Gasteiger partial charge >= 0.3 is 0 Å². The highest BCUT2D eigenvalue weighted by atomic mass is 16.5. The molecule has 0 saturated heterocycles. The summed E-state index contributed by atoms with van der Waals surface area (Å²) in [6.45, 7) is 6.02. The molecule has 0 heterocycles. The van der Waals surface area contributed by atoms with Gasteiger partial charge in [-0.05, 0) is 25.5 Å². The van der Waals surface area contributed by atoms with Gasteiger partial charge in [0.15, 0.2) is 5.90 Å². The monoisotopic (exact) mass is 191 g/mol.